The van der Waals surface area contributed by atoms with E-state index in [0.717, 1.165) is 25.1 Å². The van der Waals surface area contributed by atoms with Crippen molar-refractivity contribution >= 4 is 0 Å². The molecule has 0 spiro atoms. The van der Waals surface area contributed by atoms with Gasteiger partial charge in [0.15, 0.2) is 6.23 Å². The first-order valence-electron chi connectivity index (χ1n) is 8.89. The van der Waals surface area contributed by atoms with Gasteiger partial charge in [-0.3, -0.25) is 4.90 Å². The van der Waals surface area contributed by atoms with E-state index in [9.17, 15) is 0 Å². The molecule has 1 heterocycles. The highest BCUT2D eigenvalue weighted by molar-refractivity contribution is 5.63. The van der Waals surface area contributed by atoms with E-state index in [0.29, 0.717) is 0 Å². The number of para-hydroxylation sites is 1. The van der Waals surface area contributed by atoms with E-state index >= 15 is 0 Å². The van der Waals surface area contributed by atoms with E-state index in [4.69, 9.17) is 4.74 Å². The van der Waals surface area contributed by atoms with Crippen molar-refractivity contribution in [1.82, 2.24) is 4.90 Å². The molecule has 1 aliphatic heterocycles. The number of nitrogens with zero attached hydrogens (tertiary/aromatic N) is 1. The molecule has 0 amide bonds. The third-order valence-corrected chi connectivity index (χ3v) is 4.85. The molecule has 2 heteroatoms. The van der Waals surface area contributed by atoms with Crippen LogP contribution in [0.25, 0.3) is 11.1 Å². The third kappa shape index (κ3) is 3.59. The molecule has 0 fully saturated rings. The Morgan fingerprint density at radius 2 is 1.64 bits per heavy atom. The molecule has 1 unspecified atom stereocenters. The summed E-state index contributed by atoms with van der Waals surface area (Å²) in [7, 11) is 2.15. The van der Waals surface area contributed by atoms with Gasteiger partial charge in [-0.1, -0.05) is 66.7 Å². The molecule has 126 valence electrons. The summed E-state index contributed by atoms with van der Waals surface area (Å²) >= 11 is 0. The molecule has 0 saturated carbocycles. The summed E-state index contributed by atoms with van der Waals surface area (Å²) < 4.78 is 6.21. The fourth-order valence-electron chi connectivity index (χ4n) is 3.49. The maximum absolute atomic E-state index is 6.21. The van der Waals surface area contributed by atoms with E-state index in [-0.39, 0.29) is 6.23 Å². The van der Waals surface area contributed by atoms with E-state index in [2.05, 4.69) is 84.7 Å². The van der Waals surface area contributed by atoms with Gasteiger partial charge in [0.2, 0.25) is 0 Å². The smallest absolute Gasteiger partial charge is 0.153 e. The number of hydrogen-bond acceptors (Lipinski definition) is 2. The molecule has 4 rings (SSSR count). The van der Waals surface area contributed by atoms with Crippen molar-refractivity contribution < 1.29 is 4.74 Å². The molecule has 0 saturated heterocycles. The second-order valence-corrected chi connectivity index (χ2v) is 6.70. The fraction of sp³-hybridized carbons (Fsp3) is 0.217. The normalized spacial score (nSPS) is 16.3. The van der Waals surface area contributed by atoms with E-state index in [1.54, 1.807) is 0 Å². The average Bonchev–Trinajstić information content (AvgIpc) is 2.68. The van der Waals surface area contributed by atoms with Gasteiger partial charge in [-0.05, 0) is 47.9 Å². The first-order valence-corrected chi connectivity index (χ1v) is 8.89. The number of rotatable bonds is 4. The van der Waals surface area contributed by atoms with Crippen LogP contribution in [-0.2, 0) is 13.0 Å². The lowest BCUT2D eigenvalue weighted by Gasteiger charge is -2.33. The quantitative estimate of drug-likeness (QED) is 0.657. The summed E-state index contributed by atoms with van der Waals surface area (Å²) in [5.74, 6) is 1.03. The molecule has 25 heavy (non-hydrogen) atoms. The highest BCUT2D eigenvalue weighted by Gasteiger charge is 2.22. The topological polar surface area (TPSA) is 12.5 Å². The Kier molecular flexibility index (Phi) is 4.53. The zero-order chi connectivity index (χ0) is 17.1. The molecule has 3 aromatic carbocycles. The summed E-state index contributed by atoms with van der Waals surface area (Å²) in [6.07, 6.45) is 2.25. The molecule has 0 N–H and O–H groups in total. The summed E-state index contributed by atoms with van der Waals surface area (Å²) in [4.78, 5) is 2.31. The predicted octanol–water partition coefficient (Wildman–Crippen LogP) is 5.14. The highest BCUT2D eigenvalue weighted by Crippen LogP contribution is 2.29. The molecule has 3 aromatic rings. The largest absolute Gasteiger partial charge is 0.475 e. The Morgan fingerprint density at radius 3 is 2.52 bits per heavy atom. The molecule has 0 aromatic heterocycles. The van der Waals surface area contributed by atoms with Crippen molar-refractivity contribution in [3.05, 3.63) is 90.0 Å². The Morgan fingerprint density at radius 1 is 0.880 bits per heavy atom. The van der Waals surface area contributed by atoms with E-state index in [1.165, 1.54) is 22.3 Å². The van der Waals surface area contributed by atoms with Gasteiger partial charge >= 0.3 is 0 Å². The number of benzene rings is 3. The number of hydrogen-bond donors (Lipinski definition) is 0. The predicted molar refractivity (Wildman–Crippen MR) is 103 cm³/mol. The number of fused-ring (bicyclic) bond motifs is 1. The molecule has 0 aliphatic carbocycles. The molecular weight excluding hydrogens is 306 g/mol. The lowest BCUT2D eigenvalue weighted by molar-refractivity contribution is 0.0226. The molecule has 1 atom stereocenters. The van der Waals surface area contributed by atoms with Crippen LogP contribution < -0.4 is 4.74 Å². The second kappa shape index (κ2) is 7.12. The maximum atomic E-state index is 6.21. The molecular formula is C23H23NO. The van der Waals surface area contributed by atoms with Crippen LogP contribution >= 0.6 is 0 Å². The molecule has 1 aliphatic rings. The monoisotopic (exact) mass is 329 g/mol. The fourth-order valence-corrected chi connectivity index (χ4v) is 3.49. The van der Waals surface area contributed by atoms with Crippen molar-refractivity contribution in [2.45, 2.75) is 25.6 Å². The second-order valence-electron chi connectivity index (χ2n) is 6.70. The summed E-state index contributed by atoms with van der Waals surface area (Å²) in [5, 5.41) is 0. The van der Waals surface area contributed by atoms with Crippen molar-refractivity contribution in [1.29, 1.82) is 0 Å². The summed E-state index contributed by atoms with van der Waals surface area (Å²) in [5.41, 5.74) is 5.15. The minimum absolute atomic E-state index is 0.135. The standard InChI is InChI=1S/C23H23NO/c1-24(23-15-14-20-11-5-6-13-22(20)25-23)17-18-8-7-12-21(16-18)19-9-3-2-4-10-19/h2-13,16,23H,14-15,17H2,1H3. The van der Waals surface area contributed by atoms with Crippen molar-refractivity contribution in [3.8, 4) is 16.9 Å². The first kappa shape index (κ1) is 15.9. The lowest BCUT2D eigenvalue weighted by Crippen LogP contribution is -2.38. The van der Waals surface area contributed by atoms with Crippen LogP contribution in [0.5, 0.6) is 5.75 Å². The van der Waals surface area contributed by atoms with Crippen LogP contribution in [-0.4, -0.2) is 18.2 Å². The number of ether oxygens (including phenoxy) is 1. The van der Waals surface area contributed by atoms with Crippen molar-refractivity contribution in [2.24, 2.45) is 0 Å². The minimum atomic E-state index is 0.135. The molecule has 0 radical (unpaired) electrons. The van der Waals surface area contributed by atoms with Gasteiger partial charge < -0.3 is 4.74 Å². The van der Waals surface area contributed by atoms with Gasteiger partial charge in [0.25, 0.3) is 0 Å². The van der Waals surface area contributed by atoms with E-state index < -0.39 is 0 Å². The van der Waals surface area contributed by atoms with Crippen molar-refractivity contribution in [2.75, 3.05) is 7.05 Å². The Hall–Kier alpha value is -2.58. The molecule has 0 bridgehead atoms. The van der Waals surface area contributed by atoms with Crippen molar-refractivity contribution in [3.63, 3.8) is 0 Å². The lowest BCUT2D eigenvalue weighted by atomic mass is 10.0. The number of aryl methyl sites for hydroxylation is 1. The SMILES string of the molecule is CN(Cc1cccc(-c2ccccc2)c1)C1CCc2ccccc2O1. The van der Waals surface area contributed by atoms with Gasteiger partial charge in [0, 0.05) is 13.0 Å². The van der Waals surface area contributed by atoms with Crippen LogP contribution in [0.15, 0.2) is 78.9 Å². The van der Waals surface area contributed by atoms with Crippen LogP contribution in [0.4, 0.5) is 0 Å². The van der Waals surface area contributed by atoms with Crippen LogP contribution in [0, 0.1) is 0 Å². The van der Waals surface area contributed by atoms with Gasteiger partial charge in [0.1, 0.15) is 5.75 Å². The Labute approximate surface area is 149 Å². The van der Waals surface area contributed by atoms with Crippen LogP contribution in [0.2, 0.25) is 0 Å². The zero-order valence-corrected chi connectivity index (χ0v) is 14.6. The highest BCUT2D eigenvalue weighted by atomic mass is 16.5. The van der Waals surface area contributed by atoms with Crippen LogP contribution in [0.3, 0.4) is 0 Å². The van der Waals surface area contributed by atoms with Gasteiger partial charge in [-0.15, -0.1) is 0 Å². The maximum Gasteiger partial charge on any atom is 0.153 e. The minimum Gasteiger partial charge on any atom is -0.475 e. The zero-order valence-electron chi connectivity index (χ0n) is 14.6. The first-order chi connectivity index (χ1) is 12.3. The van der Waals surface area contributed by atoms with E-state index in [1.807, 2.05) is 6.07 Å². The third-order valence-electron chi connectivity index (χ3n) is 4.85. The molecule has 2 nitrogen and oxygen atoms in total. The van der Waals surface area contributed by atoms with Gasteiger partial charge in [0.05, 0.1) is 0 Å². The summed E-state index contributed by atoms with van der Waals surface area (Å²) in [6, 6.07) is 27.7. The Bertz CT molecular complexity index is 843. The Balaban J connectivity index is 1.47. The average molecular weight is 329 g/mol. The van der Waals surface area contributed by atoms with Gasteiger partial charge in [-0.25, -0.2) is 0 Å². The van der Waals surface area contributed by atoms with Gasteiger partial charge in [-0.2, -0.15) is 0 Å². The summed E-state index contributed by atoms with van der Waals surface area (Å²) in [6.45, 7) is 0.882. The van der Waals surface area contributed by atoms with Crippen LogP contribution in [0.1, 0.15) is 17.5 Å².